The van der Waals surface area contributed by atoms with E-state index >= 15 is 0 Å². The number of carboxylic acids is 1. The lowest BCUT2D eigenvalue weighted by Crippen LogP contribution is -2.28. The minimum absolute atomic E-state index is 0.196. The first-order chi connectivity index (χ1) is 16.3. The summed E-state index contributed by atoms with van der Waals surface area (Å²) in [4.78, 5) is 42.0. The molecule has 1 amide bonds. The fourth-order valence-electron chi connectivity index (χ4n) is 3.02. The summed E-state index contributed by atoms with van der Waals surface area (Å²) in [5.74, 6) is -1.17. The largest absolute Gasteiger partial charge is 0.493 e. The van der Waals surface area contributed by atoms with Crippen molar-refractivity contribution in [2.45, 2.75) is 6.92 Å². The third-order valence-corrected chi connectivity index (χ3v) is 6.20. The maximum absolute atomic E-state index is 13.0. The zero-order chi connectivity index (χ0) is 24.8. The Morgan fingerprint density at radius 2 is 1.91 bits per heavy atom. The number of rotatable bonds is 8. The van der Waals surface area contributed by atoms with Crippen molar-refractivity contribution < 1.29 is 33.7 Å². The molecule has 0 saturated carbocycles. The molecular formula is C23H21BrN2O7S. The fraction of sp³-hybridized carbons (Fsp3) is 0.217. The van der Waals surface area contributed by atoms with Crippen LogP contribution in [-0.2, 0) is 14.3 Å². The van der Waals surface area contributed by atoms with Gasteiger partial charge in [0.15, 0.2) is 23.3 Å². The van der Waals surface area contributed by atoms with E-state index in [9.17, 15) is 14.4 Å². The number of methoxy groups -OCH3 is 2. The van der Waals surface area contributed by atoms with E-state index < -0.39 is 18.5 Å². The third kappa shape index (κ3) is 5.78. The van der Waals surface area contributed by atoms with Crippen LogP contribution in [0.15, 0.2) is 50.8 Å². The SMILES string of the molecule is CCN1C(=O)C(=Cc2cc(Br)c(OCC(=O)O)c(OC)c2)SC1=Nc1ccc(C(=O)OC)cc1. The van der Waals surface area contributed by atoms with E-state index in [2.05, 4.69) is 20.9 Å². The molecule has 0 aromatic heterocycles. The summed E-state index contributed by atoms with van der Waals surface area (Å²) in [6.45, 7) is 1.76. The quantitative estimate of drug-likeness (QED) is 0.382. The number of esters is 1. The molecule has 34 heavy (non-hydrogen) atoms. The number of carbonyl (C=O) groups excluding carboxylic acids is 2. The van der Waals surface area contributed by atoms with Gasteiger partial charge >= 0.3 is 11.9 Å². The lowest BCUT2D eigenvalue weighted by Gasteiger charge is -2.12. The summed E-state index contributed by atoms with van der Waals surface area (Å²) in [6.07, 6.45) is 1.70. The van der Waals surface area contributed by atoms with Crippen LogP contribution in [0.1, 0.15) is 22.8 Å². The molecule has 2 aromatic carbocycles. The van der Waals surface area contributed by atoms with Gasteiger partial charge in [-0.1, -0.05) is 0 Å². The van der Waals surface area contributed by atoms with Gasteiger partial charge in [0.25, 0.3) is 5.91 Å². The van der Waals surface area contributed by atoms with E-state index in [4.69, 9.17) is 19.3 Å². The monoisotopic (exact) mass is 548 g/mol. The van der Waals surface area contributed by atoms with Crippen molar-refractivity contribution in [2.75, 3.05) is 27.4 Å². The third-order valence-electron chi connectivity index (χ3n) is 4.61. The van der Waals surface area contributed by atoms with Gasteiger partial charge in [-0.05, 0) is 82.7 Å². The van der Waals surface area contributed by atoms with E-state index in [1.165, 1.54) is 26.0 Å². The number of amides is 1. The van der Waals surface area contributed by atoms with Crippen molar-refractivity contribution >= 4 is 62.5 Å². The summed E-state index contributed by atoms with van der Waals surface area (Å²) in [7, 11) is 2.76. The minimum atomic E-state index is -1.11. The van der Waals surface area contributed by atoms with Gasteiger partial charge in [-0.3, -0.25) is 9.69 Å². The molecule has 0 atom stereocenters. The Morgan fingerprint density at radius 3 is 2.50 bits per heavy atom. The van der Waals surface area contributed by atoms with Crippen LogP contribution < -0.4 is 9.47 Å². The number of aliphatic imine (C=N–C) groups is 1. The Morgan fingerprint density at radius 1 is 1.21 bits per heavy atom. The van der Waals surface area contributed by atoms with Gasteiger partial charge in [0.05, 0.1) is 34.8 Å². The van der Waals surface area contributed by atoms with Gasteiger partial charge < -0.3 is 19.3 Å². The summed E-state index contributed by atoms with van der Waals surface area (Å²) in [6, 6.07) is 9.93. The van der Waals surface area contributed by atoms with Crippen LogP contribution in [0.5, 0.6) is 11.5 Å². The normalized spacial score (nSPS) is 15.6. The van der Waals surface area contributed by atoms with Gasteiger partial charge in [-0.25, -0.2) is 14.6 Å². The average molecular weight is 549 g/mol. The zero-order valence-electron chi connectivity index (χ0n) is 18.5. The molecule has 9 nitrogen and oxygen atoms in total. The Labute approximate surface area is 208 Å². The molecule has 0 unspecified atom stereocenters. The van der Waals surface area contributed by atoms with E-state index in [-0.39, 0.29) is 11.7 Å². The van der Waals surface area contributed by atoms with Crippen molar-refractivity contribution in [3.05, 3.63) is 56.9 Å². The van der Waals surface area contributed by atoms with Crippen molar-refractivity contribution in [1.82, 2.24) is 4.90 Å². The molecule has 178 valence electrons. The molecule has 1 N–H and O–H groups in total. The predicted octanol–water partition coefficient (Wildman–Crippen LogP) is 4.33. The molecule has 0 aliphatic carbocycles. The second-order valence-electron chi connectivity index (χ2n) is 6.81. The molecule has 1 fully saturated rings. The lowest BCUT2D eigenvalue weighted by atomic mass is 10.2. The first-order valence-corrected chi connectivity index (χ1v) is 11.6. The van der Waals surface area contributed by atoms with Crippen LogP contribution in [0.2, 0.25) is 0 Å². The number of thioether (sulfide) groups is 1. The first-order valence-electron chi connectivity index (χ1n) is 9.98. The number of hydrogen-bond donors (Lipinski definition) is 1. The molecule has 1 aliphatic heterocycles. The molecule has 11 heteroatoms. The second kappa shape index (κ2) is 11.2. The first kappa shape index (κ1) is 25.3. The molecule has 0 spiro atoms. The molecule has 2 aromatic rings. The van der Waals surface area contributed by atoms with Gasteiger partial charge in [0.1, 0.15) is 0 Å². The number of likely N-dealkylation sites (N-methyl/N-ethyl adjacent to an activating group) is 1. The summed E-state index contributed by atoms with van der Waals surface area (Å²) >= 11 is 4.59. The molecule has 1 saturated heterocycles. The Balaban J connectivity index is 1.89. The summed E-state index contributed by atoms with van der Waals surface area (Å²) in [5, 5.41) is 9.37. The number of hydrogen-bond acceptors (Lipinski definition) is 8. The highest BCUT2D eigenvalue weighted by atomic mass is 79.9. The molecule has 1 aliphatic rings. The molecule has 0 bridgehead atoms. The number of amidine groups is 1. The van der Waals surface area contributed by atoms with Gasteiger partial charge in [0, 0.05) is 6.54 Å². The van der Waals surface area contributed by atoms with Crippen LogP contribution in [0, 0.1) is 0 Å². The highest BCUT2D eigenvalue weighted by molar-refractivity contribution is 9.10. The lowest BCUT2D eigenvalue weighted by molar-refractivity contribution is -0.139. The summed E-state index contributed by atoms with van der Waals surface area (Å²) in [5.41, 5.74) is 1.65. The van der Waals surface area contributed by atoms with Crippen LogP contribution in [0.3, 0.4) is 0 Å². The van der Waals surface area contributed by atoms with Crippen LogP contribution in [-0.4, -0.2) is 60.4 Å². The van der Waals surface area contributed by atoms with Gasteiger partial charge in [-0.15, -0.1) is 0 Å². The van der Waals surface area contributed by atoms with Gasteiger partial charge in [0.2, 0.25) is 0 Å². The fourth-order valence-corrected chi connectivity index (χ4v) is 4.66. The Kier molecular flexibility index (Phi) is 8.35. The Hall–Kier alpha value is -3.31. The van der Waals surface area contributed by atoms with Gasteiger partial charge in [-0.2, -0.15) is 0 Å². The number of ether oxygens (including phenoxy) is 3. The number of aliphatic carboxylic acids is 1. The number of carboxylic acid groups (broad SMARTS) is 1. The van der Waals surface area contributed by atoms with E-state index in [1.54, 1.807) is 47.4 Å². The van der Waals surface area contributed by atoms with Crippen molar-refractivity contribution in [3.63, 3.8) is 0 Å². The average Bonchev–Trinajstić information content (AvgIpc) is 3.11. The highest BCUT2D eigenvalue weighted by Crippen LogP contribution is 2.39. The highest BCUT2D eigenvalue weighted by Gasteiger charge is 2.32. The number of nitrogens with zero attached hydrogens (tertiary/aromatic N) is 2. The smallest absolute Gasteiger partial charge is 0.341 e. The Bertz CT molecular complexity index is 1180. The molecule has 0 radical (unpaired) electrons. The molecule has 1 heterocycles. The van der Waals surface area contributed by atoms with Crippen LogP contribution in [0.4, 0.5) is 5.69 Å². The number of halogens is 1. The second-order valence-corrected chi connectivity index (χ2v) is 8.67. The van der Waals surface area contributed by atoms with Crippen molar-refractivity contribution in [2.24, 2.45) is 4.99 Å². The van der Waals surface area contributed by atoms with Crippen LogP contribution >= 0.6 is 27.7 Å². The van der Waals surface area contributed by atoms with E-state index in [0.717, 1.165) is 0 Å². The van der Waals surface area contributed by atoms with E-state index in [0.29, 0.717) is 43.7 Å². The van der Waals surface area contributed by atoms with Crippen LogP contribution in [0.25, 0.3) is 6.08 Å². The zero-order valence-corrected chi connectivity index (χ0v) is 20.9. The maximum Gasteiger partial charge on any atom is 0.341 e. The summed E-state index contributed by atoms with van der Waals surface area (Å²) < 4.78 is 15.8. The number of benzene rings is 2. The molecular weight excluding hydrogens is 528 g/mol. The van der Waals surface area contributed by atoms with Crippen molar-refractivity contribution in [1.29, 1.82) is 0 Å². The standard InChI is InChI=1S/C23H21BrN2O7S/c1-4-26-21(29)18(34-23(26)25-15-7-5-14(6-8-15)22(30)32-3)11-13-9-16(24)20(17(10-13)31-2)33-12-19(27)28/h5-11H,4,12H2,1-3H3,(H,27,28). The number of carbonyl (C=O) groups is 3. The van der Waals surface area contributed by atoms with E-state index in [1.807, 2.05) is 6.92 Å². The van der Waals surface area contributed by atoms with Crippen molar-refractivity contribution in [3.8, 4) is 11.5 Å². The molecule has 3 rings (SSSR count). The minimum Gasteiger partial charge on any atom is -0.493 e. The topological polar surface area (TPSA) is 115 Å². The maximum atomic E-state index is 13.0. The predicted molar refractivity (Wildman–Crippen MR) is 132 cm³/mol.